The molecule has 0 spiro atoms. The molecule has 274 valence electrons. The first-order valence-electron chi connectivity index (χ1n) is 20.7. The lowest BCUT2D eigenvalue weighted by Gasteiger charge is -2.40. The fraction of sp³-hybridized carbons (Fsp3) is 0.273. The van der Waals surface area contributed by atoms with Crippen LogP contribution in [0.3, 0.4) is 0 Å². The fourth-order valence-electron chi connectivity index (χ4n) is 12.2. The van der Waals surface area contributed by atoms with E-state index in [1.165, 1.54) is 99.1 Å². The maximum absolute atomic E-state index is 2.56. The van der Waals surface area contributed by atoms with Crippen LogP contribution in [-0.4, -0.2) is 0 Å². The van der Waals surface area contributed by atoms with E-state index in [0.717, 1.165) is 6.42 Å². The zero-order chi connectivity index (χ0) is 38.4. The molecule has 0 bridgehead atoms. The smallest absolute Gasteiger partial charge is 0.0349 e. The molecule has 1 unspecified atom stereocenters. The quantitative estimate of drug-likeness (QED) is 0.166. The molecule has 5 aliphatic rings. The number of thiophene rings is 1. The van der Waals surface area contributed by atoms with Gasteiger partial charge in [0.1, 0.15) is 0 Å². The summed E-state index contributed by atoms with van der Waals surface area (Å²) in [5.41, 5.74) is 27.6. The van der Waals surface area contributed by atoms with Gasteiger partial charge in [-0.25, -0.2) is 0 Å². The highest BCUT2D eigenvalue weighted by Crippen LogP contribution is 2.63. The minimum absolute atomic E-state index is 0.0141. The average molecular weight is 741 g/mol. The van der Waals surface area contributed by atoms with Crippen molar-refractivity contribution in [1.29, 1.82) is 0 Å². The van der Waals surface area contributed by atoms with Crippen LogP contribution in [0.25, 0.3) is 60.2 Å². The minimum Gasteiger partial charge on any atom is -0.143 e. The van der Waals surface area contributed by atoms with E-state index in [1.54, 1.807) is 22.3 Å². The molecule has 1 aromatic heterocycles. The average Bonchev–Trinajstić information content (AvgIpc) is 3.88. The molecule has 7 aromatic rings. The molecule has 0 aliphatic heterocycles. The van der Waals surface area contributed by atoms with Gasteiger partial charge in [0.25, 0.3) is 0 Å². The maximum Gasteiger partial charge on any atom is 0.0349 e. The Kier molecular flexibility index (Phi) is 6.10. The number of benzene rings is 6. The molecule has 0 N–H and O–H groups in total. The van der Waals surface area contributed by atoms with Crippen molar-refractivity contribution in [3.8, 4) is 43.8 Å². The normalized spacial score (nSPS) is 20.1. The first kappa shape index (κ1) is 33.2. The largest absolute Gasteiger partial charge is 0.143 e. The minimum atomic E-state index is -0.106. The number of rotatable bonds is 2. The second-order valence-electron chi connectivity index (χ2n) is 19.8. The molecule has 12 rings (SSSR count). The summed E-state index contributed by atoms with van der Waals surface area (Å²) in [6, 6.07) is 40.7. The first-order valence-corrected chi connectivity index (χ1v) is 21.6. The van der Waals surface area contributed by atoms with Crippen molar-refractivity contribution < 1.29 is 0 Å². The summed E-state index contributed by atoms with van der Waals surface area (Å²) < 4.78 is 0. The highest BCUT2D eigenvalue weighted by atomic mass is 32.1. The Labute approximate surface area is 336 Å². The van der Waals surface area contributed by atoms with Crippen LogP contribution in [0.1, 0.15) is 130 Å². The van der Waals surface area contributed by atoms with E-state index in [9.17, 15) is 0 Å². The summed E-state index contributed by atoms with van der Waals surface area (Å²) in [5, 5.41) is 5.08. The summed E-state index contributed by atoms with van der Waals surface area (Å²) in [5.74, 6) is 0.545. The Hall–Kier alpha value is -4.98. The van der Waals surface area contributed by atoms with Gasteiger partial charge in [-0.1, -0.05) is 135 Å². The van der Waals surface area contributed by atoms with E-state index in [0.29, 0.717) is 5.92 Å². The molecule has 1 heterocycles. The topological polar surface area (TPSA) is 0 Å². The second-order valence-corrected chi connectivity index (χ2v) is 20.7. The number of allylic oxidation sites excluding steroid dienone is 1. The van der Waals surface area contributed by atoms with Gasteiger partial charge in [0.15, 0.2) is 0 Å². The van der Waals surface area contributed by atoms with Crippen molar-refractivity contribution in [2.24, 2.45) is 0 Å². The van der Waals surface area contributed by atoms with E-state index >= 15 is 0 Å². The van der Waals surface area contributed by atoms with Gasteiger partial charge in [-0.2, -0.15) is 0 Å². The van der Waals surface area contributed by atoms with E-state index < -0.39 is 0 Å². The molecule has 0 amide bonds. The van der Waals surface area contributed by atoms with Gasteiger partial charge in [-0.05, 0) is 165 Å². The van der Waals surface area contributed by atoms with Crippen LogP contribution in [0.5, 0.6) is 0 Å². The SMILES string of the molecule is CC1CC2=C3c4c1cccc4C(C)(C)c1cc(-c4cc(-c5ccc6c(c5)C(C)(C)c5cc7c(cc5-6)C(C)(C)c5ccc6ccccc6c5-7)cs4)cc(c13)C2(C)C. The van der Waals surface area contributed by atoms with Gasteiger partial charge >= 0.3 is 0 Å². The molecule has 0 nitrogen and oxygen atoms in total. The van der Waals surface area contributed by atoms with E-state index in [2.05, 4.69) is 171 Å². The molecule has 1 atom stereocenters. The third-order valence-corrected chi connectivity index (χ3v) is 16.4. The van der Waals surface area contributed by atoms with Crippen LogP contribution in [0.4, 0.5) is 0 Å². The molecule has 0 fully saturated rings. The van der Waals surface area contributed by atoms with Gasteiger partial charge in [0, 0.05) is 26.5 Å². The van der Waals surface area contributed by atoms with Crippen molar-refractivity contribution in [1.82, 2.24) is 0 Å². The first-order chi connectivity index (χ1) is 26.7. The Morgan fingerprint density at radius 2 is 1.14 bits per heavy atom. The molecule has 1 heteroatoms. The lowest BCUT2D eigenvalue weighted by molar-refractivity contribution is 0.575. The lowest BCUT2D eigenvalue weighted by atomic mass is 9.63. The molecule has 0 radical (unpaired) electrons. The summed E-state index contributed by atoms with van der Waals surface area (Å²) >= 11 is 1.90. The van der Waals surface area contributed by atoms with Crippen LogP contribution in [0.15, 0.2) is 114 Å². The van der Waals surface area contributed by atoms with E-state index in [1.807, 2.05) is 11.3 Å². The van der Waals surface area contributed by atoms with Crippen molar-refractivity contribution in [2.75, 3.05) is 0 Å². The van der Waals surface area contributed by atoms with Gasteiger partial charge in [-0.15, -0.1) is 11.3 Å². The molecular weight excluding hydrogens is 693 g/mol. The van der Waals surface area contributed by atoms with Gasteiger partial charge in [0.2, 0.25) is 0 Å². The molecule has 5 aliphatic carbocycles. The number of fused-ring (bicyclic) bond motifs is 8. The maximum atomic E-state index is 2.56. The lowest BCUT2D eigenvalue weighted by Crippen LogP contribution is -2.28. The predicted octanol–water partition coefficient (Wildman–Crippen LogP) is 15.1. The van der Waals surface area contributed by atoms with Crippen molar-refractivity contribution in [3.63, 3.8) is 0 Å². The zero-order valence-electron chi connectivity index (χ0n) is 34.1. The van der Waals surface area contributed by atoms with Crippen LogP contribution >= 0.6 is 11.3 Å². The Morgan fingerprint density at radius 1 is 0.482 bits per heavy atom. The summed E-state index contributed by atoms with van der Waals surface area (Å²) in [6.07, 6.45) is 1.15. The van der Waals surface area contributed by atoms with Crippen LogP contribution in [0, 0.1) is 0 Å². The molecule has 0 saturated heterocycles. The van der Waals surface area contributed by atoms with Crippen LogP contribution in [-0.2, 0) is 21.7 Å². The highest BCUT2D eigenvalue weighted by Gasteiger charge is 2.49. The van der Waals surface area contributed by atoms with Crippen LogP contribution in [0.2, 0.25) is 0 Å². The standard InChI is InChI=1S/C55H48S/c1-29-21-44-51-49-34(29)15-12-16-39(49)53(4,5)45-23-32(24-46(50(45)51)55(44,8)9)47-25-33(28-56-47)31-17-19-36-37-26-43-38(27-42(37)54(6,7)41(36)22-31)48-35-14-11-10-13-30(35)18-20-40(48)52(43,2)3/h10-20,22-29H,21H2,1-9H3. The molecule has 0 saturated carbocycles. The highest BCUT2D eigenvalue weighted by molar-refractivity contribution is 7.14. The molecule has 56 heavy (non-hydrogen) atoms. The zero-order valence-corrected chi connectivity index (χ0v) is 34.9. The Balaban J connectivity index is 0.955. The van der Waals surface area contributed by atoms with E-state index in [-0.39, 0.29) is 21.7 Å². The third-order valence-electron chi connectivity index (χ3n) is 15.4. The van der Waals surface area contributed by atoms with Crippen molar-refractivity contribution >= 4 is 27.7 Å². The van der Waals surface area contributed by atoms with Crippen molar-refractivity contribution in [2.45, 2.75) is 96.3 Å². The molecular formula is C55H48S. The predicted molar refractivity (Wildman–Crippen MR) is 238 cm³/mol. The fourth-order valence-corrected chi connectivity index (χ4v) is 13.1. The monoisotopic (exact) mass is 740 g/mol. The summed E-state index contributed by atoms with van der Waals surface area (Å²) in [6.45, 7) is 22.0. The Bertz CT molecular complexity index is 3000. The van der Waals surface area contributed by atoms with Gasteiger partial charge in [0.05, 0.1) is 0 Å². The molecule has 6 aromatic carbocycles. The number of hydrogen-bond acceptors (Lipinski definition) is 1. The van der Waals surface area contributed by atoms with Crippen molar-refractivity contribution in [3.05, 3.63) is 170 Å². The van der Waals surface area contributed by atoms with Gasteiger partial charge < -0.3 is 0 Å². The Morgan fingerprint density at radius 3 is 1.96 bits per heavy atom. The third kappa shape index (κ3) is 3.86. The van der Waals surface area contributed by atoms with Gasteiger partial charge in [-0.3, -0.25) is 0 Å². The van der Waals surface area contributed by atoms with Crippen LogP contribution < -0.4 is 0 Å². The summed E-state index contributed by atoms with van der Waals surface area (Å²) in [7, 11) is 0. The second kappa shape index (κ2) is 10.3. The summed E-state index contributed by atoms with van der Waals surface area (Å²) in [4.78, 5) is 1.36. The van der Waals surface area contributed by atoms with E-state index in [4.69, 9.17) is 0 Å². The number of hydrogen-bond donors (Lipinski definition) is 0.